The van der Waals surface area contributed by atoms with Crippen LogP contribution in [0.3, 0.4) is 0 Å². The SMILES string of the molecule is COc1ccc(S(=O)(=O)O)cc1NN. The summed E-state index contributed by atoms with van der Waals surface area (Å²) in [6, 6.07) is 3.78. The number of nitrogens with one attached hydrogen (secondary N) is 1. The van der Waals surface area contributed by atoms with E-state index in [2.05, 4.69) is 5.43 Å². The molecule has 0 radical (unpaired) electrons. The van der Waals surface area contributed by atoms with Gasteiger partial charge < -0.3 is 10.2 Å². The fourth-order valence-electron chi connectivity index (χ4n) is 0.960. The Balaban J connectivity index is 3.28. The molecule has 0 aliphatic rings. The lowest BCUT2D eigenvalue weighted by Crippen LogP contribution is -2.09. The van der Waals surface area contributed by atoms with Crippen LogP contribution in [-0.2, 0) is 10.1 Å². The lowest BCUT2D eigenvalue weighted by Gasteiger charge is -2.08. The summed E-state index contributed by atoms with van der Waals surface area (Å²) in [5, 5.41) is 0. The van der Waals surface area contributed by atoms with Gasteiger partial charge in [-0.25, -0.2) is 0 Å². The normalized spacial score (nSPS) is 11.1. The molecule has 0 bridgehead atoms. The van der Waals surface area contributed by atoms with Crippen molar-refractivity contribution in [3.05, 3.63) is 18.2 Å². The van der Waals surface area contributed by atoms with Crippen LogP contribution < -0.4 is 16.0 Å². The third kappa shape index (κ3) is 2.13. The third-order valence-corrected chi connectivity index (χ3v) is 2.47. The lowest BCUT2D eigenvalue weighted by molar-refractivity contribution is 0.416. The van der Waals surface area contributed by atoms with Gasteiger partial charge in [0, 0.05) is 0 Å². The summed E-state index contributed by atoms with van der Waals surface area (Å²) >= 11 is 0. The van der Waals surface area contributed by atoms with Crippen molar-refractivity contribution in [3.63, 3.8) is 0 Å². The highest BCUT2D eigenvalue weighted by molar-refractivity contribution is 7.85. The summed E-state index contributed by atoms with van der Waals surface area (Å²) in [7, 11) is -2.79. The van der Waals surface area contributed by atoms with Crippen molar-refractivity contribution < 1.29 is 17.7 Å². The number of methoxy groups -OCH3 is 1. The average Bonchev–Trinajstić information content (AvgIpc) is 2.15. The quantitative estimate of drug-likeness (QED) is 0.381. The number of hydrogen-bond acceptors (Lipinski definition) is 5. The molecule has 0 unspecified atom stereocenters. The second kappa shape index (κ2) is 3.82. The topological polar surface area (TPSA) is 102 Å². The number of ether oxygens (including phenoxy) is 1. The van der Waals surface area contributed by atoms with Gasteiger partial charge in [-0.1, -0.05) is 0 Å². The monoisotopic (exact) mass is 218 g/mol. The molecule has 0 atom stereocenters. The fraction of sp³-hybridized carbons (Fsp3) is 0.143. The van der Waals surface area contributed by atoms with E-state index in [4.69, 9.17) is 15.1 Å². The van der Waals surface area contributed by atoms with Gasteiger partial charge in [-0.2, -0.15) is 8.42 Å². The highest BCUT2D eigenvalue weighted by atomic mass is 32.2. The van der Waals surface area contributed by atoms with Crippen LogP contribution in [0.5, 0.6) is 5.75 Å². The van der Waals surface area contributed by atoms with E-state index in [0.29, 0.717) is 5.75 Å². The summed E-state index contributed by atoms with van der Waals surface area (Å²) in [6.07, 6.45) is 0. The minimum atomic E-state index is -4.21. The Bertz CT molecular complexity index is 429. The summed E-state index contributed by atoms with van der Waals surface area (Å²) in [5.41, 5.74) is 2.54. The fourth-order valence-corrected chi connectivity index (χ4v) is 1.47. The first-order valence-electron chi connectivity index (χ1n) is 3.61. The van der Waals surface area contributed by atoms with E-state index in [1.165, 1.54) is 25.3 Å². The second-order valence-corrected chi connectivity index (χ2v) is 3.90. The highest BCUT2D eigenvalue weighted by Gasteiger charge is 2.12. The van der Waals surface area contributed by atoms with Gasteiger partial charge in [0.05, 0.1) is 17.7 Å². The molecule has 0 aliphatic carbocycles. The third-order valence-electron chi connectivity index (χ3n) is 1.62. The zero-order valence-corrected chi connectivity index (χ0v) is 8.21. The Labute approximate surface area is 81.4 Å². The molecule has 1 aromatic rings. The molecule has 0 saturated heterocycles. The molecule has 6 nitrogen and oxygen atoms in total. The standard InChI is InChI=1S/C7H10N2O4S/c1-13-7-3-2-5(14(10,11)12)4-6(7)9-8/h2-4,9H,8H2,1H3,(H,10,11,12). The first-order valence-corrected chi connectivity index (χ1v) is 5.05. The molecule has 0 spiro atoms. The molecule has 1 aromatic carbocycles. The molecule has 78 valence electrons. The van der Waals surface area contributed by atoms with Crippen molar-refractivity contribution in [2.45, 2.75) is 4.90 Å². The minimum absolute atomic E-state index is 0.244. The number of benzene rings is 1. The molecule has 0 aliphatic heterocycles. The van der Waals surface area contributed by atoms with Crippen molar-refractivity contribution in [2.24, 2.45) is 5.84 Å². The van der Waals surface area contributed by atoms with Gasteiger partial charge in [0.1, 0.15) is 5.75 Å². The van der Waals surface area contributed by atoms with Crippen LogP contribution >= 0.6 is 0 Å². The molecular formula is C7H10N2O4S. The number of nitrogens with two attached hydrogens (primary N) is 1. The molecule has 7 heteroatoms. The van der Waals surface area contributed by atoms with Gasteiger partial charge in [-0.15, -0.1) is 0 Å². The van der Waals surface area contributed by atoms with Crippen LogP contribution in [0.4, 0.5) is 5.69 Å². The second-order valence-electron chi connectivity index (χ2n) is 2.48. The molecule has 0 heterocycles. The van der Waals surface area contributed by atoms with Crippen molar-refractivity contribution in [2.75, 3.05) is 12.5 Å². The van der Waals surface area contributed by atoms with Crippen molar-refractivity contribution in [3.8, 4) is 5.75 Å². The maximum Gasteiger partial charge on any atom is 0.294 e. The molecule has 1 rings (SSSR count). The molecule has 0 amide bonds. The molecule has 4 N–H and O–H groups in total. The van der Waals surface area contributed by atoms with Gasteiger partial charge in [0.15, 0.2) is 0 Å². The van der Waals surface area contributed by atoms with Crippen LogP contribution in [0.1, 0.15) is 0 Å². The van der Waals surface area contributed by atoms with Crippen LogP contribution in [-0.4, -0.2) is 20.1 Å². The van der Waals surface area contributed by atoms with Crippen LogP contribution in [0, 0.1) is 0 Å². The largest absolute Gasteiger partial charge is 0.495 e. The van der Waals surface area contributed by atoms with Gasteiger partial charge in [-0.05, 0) is 18.2 Å². The van der Waals surface area contributed by atoms with E-state index in [0.717, 1.165) is 0 Å². The Morgan fingerprint density at radius 2 is 2.14 bits per heavy atom. The predicted molar refractivity (Wildman–Crippen MR) is 50.6 cm³/mol. The van der Waals surface area contributed by atoms with E-state index in [-0.39, 0.29) is 10.6 Å². The summed E-state index contributed by atoms with van der Waals surface area (Å²) in [5.74, 6) is 5.52. The number of anilines is 1. The Hall–Kier alpha value is -1.31. The first-order chi connectivity index (χ1) is 6.49. The zero-order valence-electron chi connectivity index (χ0n) is 7.39. The molecular weight excluding hydrogens is 208 g/mol. The predicted octanol–water partition coefficient (Wildman–Crippen LogP) is 0.227. The zero-order chi connectivity index (χ0) is 10.8. The van der Waals surface area contributed by atoms with E-state index >= 15 is 0 Å². The number of nitrogen functional groups attached to an aromatic ring is 1. The Morgan fingerprint density at radius 1 is 1.50 bits per heavy atom. The van der Waals surface area contributed by atoms with Crippen molar-refractivity contribution in [1.82, 2.24) is 0 Å². The smallest absolute Gasteiger partial charge is 0.294 e. The summed E-state index contributed by atoms with van der Waals surface area (Å²) in [6.45, 7) is 0. The molecule has 0 saturated carbocycles. The van der Waals surface area contributed by atoms with Crippen molar-refractivity contribution >= 4 is 15.8 Å². The molecule has 0 fully saturated rings. The van der Waals surface area contributed by atoms with Gasteiger partial charge in [-0.3, -0.25) is 10.4 Å². The minimum Gasteiger partial charge on any atom is -0.495 e. The van der Waals surface area contributed by atoms with Gasteiger partial charge >= 0.3 is 0 Å². The van der Waals surface area contributed by atoms with Crippen molar-refractivity contribution in [1.29, 1.82) is 0 Å². The average molecular weight is 218 g/mol. The van der Waals surface area contributed by atoms with Gasteiger partial charge in [0.25, 0.3) is 10.1 Å². The highest BCUT2D eigenvalue weighted by Crippen LogP contribution is 2.26. The maximum atomic E-state index is 10.7. The van der Waals surface area contributed by atoms with E-state index in [1.54, 1.807) is 0 Å². The van der Waals surface area contributed by atoms with E-state index in [1.807, 2.05) is 0 Å². The Kier molecular flexibility index (Phi) is 2.94. The van der Waals surface area contributed by atoms with Crippen LogP contribution in [0.25, 0.3) is 0 Å². The molecule has 0 aromatic heterocycles. The van der Waals surface area contributed by atoms with Gasteiger partial charge in [0.2, 0.25) is 0 Å². The first kappa shape index (κ1) is 10.8. The lowest BCUT2D eigenvalue weighted by atomic mass is 10.3. The van der Waals surface area contributed by atoms with E-state index in [9.17, 15) is 8.42 Å². The summed E-state index contributed by atoms with van der Waals surface area (Å²) in [4.78, 5) is -0.244. The number of hydrogen-bond donors (Lipinski definition) is 3. The van der Waals surface area contributed by atoms with Crippen LogP contribution in [0.2, 0.25) is 0 Å². The number of hydrazine groups is 1. The Morgan fingerprint density at radius 3 is 2.57 bits per heavy atom. The maximum absolute atomic E-state index is 10.7. The van der Waals surface area contributed by atoms with Crippen LogP contribution in [0.15, 0.2) is 23.1 Å². The molecule has 14 heavy (non-hydrogen) atoms. The van der Waals surface area contributed by atoms with E-state index < -0.39 is 10.1 Å². The number of rotatable bonds is 3. The summed E-state index contributed by atoms with van der Waals surface area (Å²) < 4.78 is 35.1.